The lowest BCUT2D eigenvalue weighted by Gasteiger charge is -2.13. The predicted molar refractivity (Wildman–Crippen MR) is 82.7 cm³/mol. The van der Waals surface area contributed by atoms with Gasteiger partial charge in [-0.1, -0.05) is 23.4 Å². The van der Waals surface area contributed by atoms with Crippen LogP contribution in [0.1, 0.15) is 6.92 Å². The van der Waals surface area contributed by atoms with E-state index in [-0.39, 0.29) is 11.9 Å². The molecule has 1 aromatic carbocycles. The summed E-state index contributed by atoms with van der Waals surface area (Å²) in [5.74, 6) is 0.526. The van der Waals surface area contributed by atoms with E-state index in [1.165, 1.54) is 18.9 Å². The van der Waals surface area contributed by atoms with Gasteiger partial charge in [0.2, 0.25) is 17.0 Å². The Kier molecular flexibility index (Phi) is 4.92. The minimum absolute atomic E-state index is 0.210. The highest BCUT2D eigenvalue weighted by Gasteiger charge is 2.18. The maximum Gasteiger partial charge on any atom is 0.237 e. The molecule has 9 heteroatoms. The van der Waals surface area contributed by atoms with Crippen LogP contribution in [-0.2, 0) is 4.79 Å². The minimum Gasteiger partial charge on any atom is -0.495 e. The number of methoxy groups -OCH3 is 1. The van der Waals surface area contributed by atoms with Gasteiger partial charge in [-0.15, -0.1) is 5.10 Å². The molecule has 0 aliphatic carbocycles. The largest absolute Gasteiger partial charge is 0.495 e. The number of nitrogens with one attached hydrogen (secondary N) is 2. The third kappa shape index (κ3) is 4.02. The summed E-state index contributed by atoms with van der Waals surface area (Å²) in [5, 5.41) is 9.65. The maximum atomic E-state index is 12.2. The second-order valence-electron chi connectivity index (χ2n) is 4.10. The molecule has 0 saturated carbocycles. The van der Waals surface area contributed by atoms with Crippen molar-refractivity contribution in [2.45, 2.75) is 17.3 Å². The van der Waals surface area contributed by atoms with E-state index in [2.05, 4.69) is 20.5 Å². The highest BCUT2D eigenvalue weighted by Crippen LogP contribution is 2.29. The van der Waals surface area contributed by atoms with Crippen LogP contribution in [0, 0.1) is 0 Å². The smallest absolute Gasteiger partial charge is 0.237 e. The Morgan fingerprint density at radius 2 is 2.33 bits per heavy atom. The van der Waals surface area contributed by atoms with Gasteiger partial charge in [0, 0.05) is 5.02 Å². The van der Waals surface area contributed by atoms with E-state index in [1.807, 2.05) is 0 Å². The van der Waals surface area contributed by atoms with Crippen molar-refractivity contribution in [2.75, 3.05) is 18.2 Å². The summed E-state index contributed by atoms with van der Waals surface area (Å²) < 4.78 is 5.18. The number of carbonyl (C=O) groups is 1. The number of halogens is 1. The average Bonchev–Trinajstić information content (AvgIpc) is 2.84. The number of nitrogens with zero attached hydrogens (tertiary/aromatic N) is 2. The Morgan fingerprint density at radius 1 is 1.57 bits per heavy atom. The number of aromatic nitrogens is 3. The van der Waals surface area contributed by atoms with Crippen LogP contribution in [0.5, 0.6) is 5.75 Å². The molecule has 4 N–H and O–H groups in total. The monoisotopic (exact) mass is 327 g/mol. The van der Waals surface area contributed by atoms with Gasteiger partial charge >= 0.3 is 0 Å². The molecule has 0 bridgehead atoms. The van der Waals surface area contributed by atoms with Gasteiger partial charge in [0.1, 0.15) is 5.75 Å². The number of hydrogen-bond donors (Lipinski definition) is 3. The van der Waals surface area contributed by atoms with E-state index in [9.17, 15) is 4.79 Å². The number of ether oxygens (including phenoxy) is 1. The standard InChI is InChI=1S/C12H14ClN5O2S/c1-6(21-12-16-11(14)17-18-12)10(19)15-8-5-7(13)3-4-9(8)20-2/h3-6H,1-2H3,(H,15,19)(H3,14,16,17,18)/t6-/m1/s1. The number of amides is 1. The SMILES string of the molecule is COc1ccc(Cl)cc1NC(=O)[C@@H](C)Sc1n[nH]c(N)n1. The van der Waals surface area contributed by atoms with Crippen molar-refractivity contribution in [1.29, 1.82) is 0 Å². The molecule has 0 aliphatic rings. The molecule has 1 amide bonds. The summed E-state index contributed by atoms with van der Waals surface area (Å²) in [6.45, 7) is 1.74. The second kappa shape index (κ2) is 6.68. The fourth-order valence-electron chi connectivity index (χ4n) is 1.53. The number of aromatic amines is 1. The van der Waals surface area contributed by atoms with E-state index in [4.69, 9.17) is 22.1 Å². The summed E-state index contributed by atoms with van der Waals surface area (Å²) in [7, 11) is 1.52. The second-order valence-corrected chi connectivity index (χ2v) is 5.84. The Balaban J connectivity index is 2.05. The summed E-state index contributed by atoms with van der Waals surface area (Å²) >= 11 is 7.11. The van der Waals surface area contributed by atoms with E-state index >= 15 is 0 Å². The van der Waals surface area contributed by atoms with Crippen molar-refractivity contribution in [2.24, 2.45) is 0 Å². The average molecular weight is 328 g/mol. The van der Waals surface area contributed by atoms with Gasteiger partial charge in [0.15, 0.2) is 0 Å². The van der Waals surface area contributed by atoms with Crippen LogP contribution in [0.2, 0.25) is 5.02 Å². The molecule has 1 heterocycles. The minimum atomic E-state index is -0.413. The molecule has 2 rings (SSSR count). The third-order valence-corrected chi connectivity index (χ3v) is 3.75. The van der Waals surface area contributed by atoms with Gasteiger partial charge in [-0.2, -0.15) is 4.98 Å². The molecular weight excluding hydrogens is 314 g/mol. The molecule has 0 aliphatic heterocycles. The van der Waals surface area contributed by atoms with Crippen molar-refractivity contribution in [1.82, 2.24) is 15.2 Å². The molecule has 0 fully saturated rings. The number of anilines is 2. The third-order valence-electron chi connectivity index (χ3n) is 2.55. The first-order chi connectivity index (χ1) is 9.99. The van der Waals surface area contributed by atoms with Gasteiger partial charge in [0.05, 0.1) is 18.0 Å². The van der Waals surface area contributed by atoms with Crippen LogP contribution in [-0.4, -0.2) is 33.4 Å². The van der Waals surface area contributed by atoms with Crippen LogP contribution < -0.4 is 15.8 Å². The molecule has 7 nitrogen and oxygen atoms in total. The number of nitrogens with two attached hydrogens (primary N) is 1. The molecule has 21 heavy (non-hydrogen) atoms. The Bertz CT molecular complexity index is 648. The van der Waals surface area contributed by atoms with Crippen LogP contribution >= 0.6 is 23.4 Å². The predicted octanol–water partition coefficient (Wildman–Crippen LogP) is 2.17. The van der Waals surface area contributed by atoms with Crippen LogP contribution in [0.4, 0.5) is 11.6 Å². The number of rotatable bonds is 5. The zero-order valence-corrected chi connectivity index (χ0v) is 13.0. The van der Waals surface area contributed by atoms with Gasteiger partial charge in [0.25, 0.3) is 0 Å². The summed E-state index contributed by atoms with van der Waals surface area (Å²) in [6, 6.07) is 5.00. The molecule has 1 atom stereocenters. The van der Waals surface area contributed by atoms with Gasteiger partial charge < -0.3 is 15.8 Å². The number of benzene rings is 1. The Morgan fingerprint density at radius 3 is 2.95 bits per heavy atom. The molecule has 1 aromatic heterocycles. The number of nitrogen functional groups attached to an aromatic ring is 1. The number of H-pyrrole nitrogens is 1. The molecule has 0 unspecified atom stereocenters. The first kappa shape index (κ1) is 15.5. The number of thioether (sulfide) groups is 1. The number of carbonyl (C=O) groups excluding carboxylic acids is 1. The molecule has 0 saturated heterocycles. The fraction of sp³-hybridized carbons (Fsp3) is 0.250. The highest BCUT2D eigenvalue weighted by atomic mass is 35.5. The number of hydrogen-bond acceptors (Lipinski definition) is 6. The normalized spacial score (nSPS) is 12.0. The Hall–Kier alpha value is -1.93. The fourth-order valence-corrected chi connectivity index (χ4v) is 2.44. The van der Waals surface area contributed by atoms with Crippen LogP contribution in [0.25, 0.3) is 0 Å². The zero-order valence-electron chi connectivity index (χ0n) is 11.4. The van der Waals surface area contributed by atoms with E-state index in [0.717, 1.165) is 0 Å². The quantitative estimate of drug-likeness (QED) is 0.727. The van der Waals surface area contributed by atoms with Crippen molar-refractivity contribution in [3.8, 4) is 5.75 Å². The van der Waals surface area contributed by atoms with E-state index in [0.29, 0.717) is 21.6 Å². The van der Waals surface area contributed by atoms with Gasteiger partial charge in [-0.05, 0) is 25.1 Å². The molecule has 0 radical (unpaired) electrons. The van der Waals surface area contributed by atoms with E-state index < -0.39 is 5.25 Å². The molecular formula is C12H14ClN5O2S. The lowest BCUT2D eigenvalue weighted by atomic mass is 10.3. The summed E-state index contributed by atoms with van der Waals surface area (Å²) in [6.07, 6.45) is 0. The first-order valence-electron chi connectivity index (χ1n) is 5.98. The van der Waals surface area contributed by atoms with Gasteiger partial charge in [-0.25, -0.2) is 5.10 Å². The Labute approximate surface area is 130 Å². The first-order valence-corrected chi connectivity index (χ1v) is 7.24. The zero-order chi connectivity index (χ0) is 15.4. The molecule has 2 aromatic rings. The summed E-state index contributed by atoms with van der Waals surface area (Å²) in [5.41, 5.74) is 5.95. The summed E-state index contributed by atoms with van der Waals surface area (Å²) in [4.78, 5) is 16.1. The highest BCUT2D eigenvalue weighted by molar-refractivity contribution is 8.00. The van der Waals surface area contributed by atoms with Crippen LogP contribution in [0.15, 0.2) is 23.4 Å². The lowest BCUT2D eigenvalue weighted by Crippen LogP contribution is -2.22. The van der Waals surface area contributed by atoms with E-state index in [1.54, 1.807) is 25.1 Å². The topological polar surface area (TPSA) is 106 Å². The molecule has 0 spiro atoms. The maximum absolute atomic E-state index is 12.2. The van der Waals surface area contributed by atoms with Crippen molar-refractivity contribution >= 4 is 40.9 Å². The van der Waals surface area contributed by atoms with Crippen LogP contribution in [0.3, 0.4) is 0 Å². The lowest BCUT2D eigenvalue weighted by molar-refractivity contribution is -0.115. The van der Waals surface area contributed by atoms with Crippen molar-refractivity contribution in [3.63, 3.8) is 0 Å². The van der Waals surface area contributed by atoms with Crippen molar-refractivity contribution in [3.05, 3.63) is 23.2 Å². The van der Waals surface area contributed by atoms with Crippen molar-refractivity contribution < 1.29 is 9.53 Å². The van der Waals surface area contributed by atoms with Gasteiger partial charge in [-0.3, -0.25) is 4.79 Å². The molecule has 112 valence electrons.